The van der Waals surface area contributed by atoms with Crippen molar-refractivity contribution in [2.45, 2.75) is 26.3 Å². The molecule has 0 aliphatic heterocycles. The quantitative estimate of drug-likeness (QED) is 0.616. The minimum absolute atomic E-state index is 0.0526. The van der Waals surface area contributed by atoms with Gasteiger partial charge < -0.3 is 15.4 Å². The van der Waals surface area contributed by atoms with Crippen molar-refractivity contribution < 1.29 is 10.0 Å². The lowest BCUT2D eigenvalue weighted by molar-refractivity contribution is -0.385. The lowest BCUT2D eigenvalue weighted by atomic mass is 10.2. The van der Waals surface area contributed by atoms with Gasteiger partial charge in [0.1, 0.15) is 5.82 Å². The van der Waals surface area contributed by atoms with Crippen LogP contribution in [0.25, 0.3) is 0 Å². The molecule has 1 atom stereocenters. The van der Waals surface area contributed by atoms with E-state index in [0.29, 0.717) is 17.0 Å². The lowest BCUT2D eigenvalue weighted by Crippen LogP contribution is -2.33. The standard InChI is InChI=1S/C10H14N3O4/c1-3-8(6-14)12(15)10-4-9(13(16)17)7(2)5-11-10/h4-5,8,14H,3,6H2,1-2H3/q-1/t8-/m0/s1. The summed E-state index contributed by atoms with van der Waals surface area (Å²) in [6, 6.07) is 0.491. The Morgan fingerprint density at radius 3 is 2.76 bits per heavy atom. The molecular formula is C10H14N3O4-. The van der Waals surface area contributed by atoms with E-state index in [9.17, 15) is 15.3 Å². The fourth-order valence-electron chi connectivity index (χ4n) is 1.38. The highest BCUT2D eigenvalue weighted by Crippen LogP contribution is 2.23. The number of anilines is 1. The first-order chi connectivity index (χ1) is 8.01. The van der Waals surface area contributed by atoms with Crippen molar-refractivity contribution in [3.05, 3.63) is 33.1 Å². The van der Waals surface area contributed by atoms with E-state index in [1.807, 2.05) is 0 Å². The van der Waals surface area contributed by atoms with Gasteiger partial charge in [0, 0.05) is 17.8 Å². The fourth-order valence-corrected chi connectivity index (χ4v) is 1.38. The molecule has 0 bridgehead atoms. The predicted octanol–water partition coefficient (Wildman–Crippen LogP) is 1.37. The average molecular weight is 240 g/mol. The molecule has 1 aromatic rings. The van der Waals surface area contributed by atoms with Crippen LogP contribution in [-0.4, -0.2) is 27.7 Å². The number of aromatic nitrogens is 1. The van der Waals surface area contributed by atoms with Gasteiger partial charge in [0.05, 0.1) is 17.6 Å². The third-order valence-electron chi connectivity index (χ3n) is 2.50. The molecule has 7 heteroatoms. The number of hydroxylamine groups is 1. The first-order valence-corrected chi connectivity index (χ1v) is 5.19. The van der Waals surface area contributed by atoms with Gasteiger partial charge in [-0.15, -0.1) is 0 Å². The van der Waals surface area contributed by atoms with Crippen LogP contribution in [0.3, 0.4) is 0 Å². The molecule has 0 aliphatic rings. The van der Waals surface area contributed by atoms with E-state index >= 15 is 0 Å². The van der Waals surface area contributed by atoms with E-state index in [-0.39, 0.29) is 18.1 Å². The number of aliphatic hydroxyl groups excluding tert-OH is 1. The van der Waals surface area contributed by atoms with Crippen LogP contribution in [0.4, 0.5) is 11.5 Å². The van der Waals surface area contributed by atoms with Gasteiger partial charge >= 0.3 is 0 Å². The van der Waals surface area contributed by atoms with Gasteiger partial charge in [-0.3, -0.25) is 10.1 Å². The van der Waals surface area contributed by atoms with E-state index in [4.69, 9.17) is 5.11 Å². The average Bonchev–Trinajstić information content (AvgIpc) is 2.30. The summed E-state index contributed by atoms with van der Waals surface area (Å²) in [6.07, 6.45) is 1.71. The van der Waals surface area contributed by atoms with E-state index in [0.717, 1.165) is 6.07 Å². The van der Waals surface area contributed by atoms with Crippen LogP contribution in [0.1, 0.15) is 18.9 Å². The van der Waals surface area contributed by atoms with Crippen molar-refractivity contribution in [1.29, 1.82) is 0 Å². The number of rotatable bonds is 5. The van der Waals surface area contributed by atoms with E-state index in [1.165, 1.54) is 6.20 Å². The Bertz CT molecular complexity index is 407. The number of aryl methyl sites for hydroxylation is 1. The second-order valence-corrected chi connectivity index (χ2v) is 3.66. The van der Waals surface area contributed by atoms with Crippen LogP contribution in [0.5, 0.6) is 0 Å². The predicted molar refractivity (Wildman–Crippen MR) is 62.6 cm³/mol. The number of pyridine rings is 1. The van der Waals surface area contributed by atoms with E-state index < -0.39 is 11.0 Å². The maximum Gasteiger partial charge on any atom is 0.277 e. The summed E-state index contributed by atoms with van der Waals surface area (Å²) in [7, 11) is 0. The monoisotopic (exact) mass is 240 g/mol. The SMILES string of the molecule is CC[C@@H](CO)N([O-])c1cc([N+](=O)[O-])c(C)cn1. The van der Waals surface area contributed by atoms with Crippen LogP contribution in [0.2, 0.25) is 0 Å². The molecule has 94 valence electrons. The van der Waals surface area contributed by atoms with Crippen LogP contribution < -0.4 is 5.06 Å². The molecule has 0 fully saturated rings. The Hall–Kier alpha value is -1.73. The molecule has 0 amide bonds. The topological polar surface area (TPSA) is 103 Å². The Morgan fingerprint density at radius 2 is 2.29 bits per heavy atom. The zero-order valence-corrected chi connectivity index (χ0v) is 9.66. The first kappa shape index (κ1) is 13.3. The smallest absolute Gasteiger partial charge is 0.277 e. The van der Waals surface area contributed by atoms with Crippen molar-refractivity contribution in [2.75, 3.05) is 11.7 Å². The van der Waals surface area contributed by atoms with Crippen LogP contribution >= 0.6 is 0 Å². The van der Waals surface area contributed by atoms with Crippen LogP contribution in [0, 0.1) is 22.2 Å². The van der Waals surface area contributed by atoms with E-state index in [2.05, 4.69) is 4.98 Å². The summed E-state index contributed by atoms with van der Waals surface area (Å²) < 4.78 is 0. The summed E-state index contributed by atoms with van der Waals surface area (Å²) in [6.45, 7) is 2.98. The Labute approximate surface area is 98.4 Å². The second kappa shape index (κ2) is 5.55. The number of nitro groups is 1. The van der Waals surface area contributed by atoms with Crippen molar-refractivity contribution in [3.63, 3.8) is 0 Å². The summed E-state index contributed by atoms with van der Waals surface area (Å²) in [5, 5.41) is 32.0. The summed E-state index contributed by atoms with van der Waals surface area (Å²) in [5.41, 5.74) is 0.243. The minimum Gasteiger partial charge on any atom is -0.757 e. The molecule has 17 heavy (non-hydrogen) atoms. The van der Waals surface area contributed by atoms with Gasteiger partial charge in [-0.05, 0) is 13.3 Å². The largest absolute Gasteiger partial charge is 0.757 e. The first-order valence-electron chi connectivity index (χ1n) is 5.19. The summed E-state index contributed by atoms with van der Waals surface area (Å²) in [4.78, 5) is 14.0. The van der Waals surface area contributed by atoms with Crippen molar-refractivity contribution >= 4 is 11.5 Å². The molecule has 1 rings (SSSR count). The number of hydrogen-bond acceptors (Lipinski definition) is 6. The van der Waals surface area contributed by atoms with Gasteiger partial charge in [0.25, 0.3) is 5.69 Å². The lowest BCUT2D eigenvalue weighted by Gasteiger charge is -2.36. The molecule has 1 aromatic heterocycles. The minimum atomic E-state index is -0.634. The van der Waals surface area contributed by atoms with Crippen molar-refractivity contribution in [3.8, 4) is 0 Å². The van der Waals surface area contributed by atoms with Gasteiger partial charge in [-0.2, -0.15) is 0 Å². The zero-order valence-electron chi connectivity index (χ0n) is 9.66. The Kier molecular flexibility index (Phi) is 4.36. The summed E-state index contributed by atoms with van der Waals surface area (Å²) in [5.74, 6) is -0.0526. The molecule has 0 saturated heterocycles. The van der Waals surface area contributed by atoms with Gasteiger partial charge in [0.2, 0.25) is 0 Å². The van der Waals surface area contributed by atoms with Crippen LogP contribution in [-0.2, 0) is 0 Å². The number of hydrogen-bond donors (Lipinski definition) is 1. The Balaban J connectivity index is 3.06. The molecular weight excluding hydrogens is 226 g/mol. The third kappa shape index (κ3) is 2.89. The second-order valence-electron chi connectivity index (χ2n) is 3.66. The molecule has 0 aliphatic carbocycles. The highest BCUT2D eigenvalue weighted by Gasteiger charge is 2.15. The highest BCUT2D eigenvalue weighted by atomic mass is 16.6. The maximum absolute atomic E-state index is 11.8. The number of aliphatic hydroxyl groups is 1. The molecule has 0 radical (unpaired) electrons. The normalized spacial score (nSPS) is 12.2. The van der Waals surface area contributed by atoms with Crippen molar-refractivity contribution in [2.24, 2.45) is 0 Å². The Morgan fingerprint density at radius 1 is 1.65 bits per heavy atom. The molecule has 1 N–H and O–H groups in total. The van der Waals surface area contributed by atoms with Crippen LogP contribution in [0.15, 0.2) is 12.3 Å². The van der Waals surface area contributed by atoms with Gasteiger partial charge in [-0.1, -0.05) is 6.92 Å². The molecule has 7 nitrogen and oxygen atoms in total. The molecule has 0 unspecified atom stereocenters. The van der Waals surface area contributed by atoms with Gasteiger partial charge in [-0.25, -0.2) is 4.98 Å². The summed E-state index contributed by atoms with van der Waals surface area (Å²) >= 11 is 0. The highest BCUT2D eigenvalue weighted by molar-refractivity contribution is 5.51. The molecule has 0 aromatic carbocycles. The number of nitrogens with zero attached hydrogens (tertiary/aromatic N) is 3. The third-order valence-corrected chi connectivity index (χ3v) is 2.50. The molecule has 1 heterocycles. The van der Waals surface area contributed by atoms with Crippen molar-refractivity contribution in [1.82, 2.24) is 4.98 Å². The molecule has 0 spiro atoms. The zero-order chi connectivity index (χ0) is 13.0. The van der Waals surface area contributed by atoms with E-state index in [1.54, 1.807) is 13.8 Å². The van der Waals surface area contributed by atoms with Gasteiger partial charge in [0.15, 0.2) is 0 Å². The maximum atomic E-state index is 11.8. The molecule has 0 saturated carbocycles. The fraction of sp³-hybridized carbons (Fsp3) is 0.500.